The molecule has 0 saturated carbocycles. The minimum absolute atomic E-state index is 0.298. The predicted octanol–water partition coefficient (Wildman–Crippen LogP) is 4.46. The Balaban J connectivity index is 2.55. The summed E-state index contributed by atoms with van der Waals surface area (Å²) in [7, 11) is -1.24. The maximum Gasteiger partial charge on any atom is 0.0980 e. The third-order valence-electron chi connectivity index (χ3n) is 3.86. The molecule has 3 atom stereocenters. The van der Waals surface area contributed by atoms with Gasteiger partial charge in [-0.2, -0.15) is 0 Å². The Labute approximate surface area is 145 Å². The van der Waals surface area contributed by atoms with Gasteiger partial charge >= 0.3 is 0 Å². The second kappa shape index (κ2) is 8.27. The first-order valence-corrected chi connectivity index (χ1v) is 9.67. The van der Waals surface area contributed by atoms with Crippen LogP contribution in [0.15, 0.2) is 82.1 Å². The average Bonchev–Trinajstić information content (AvgIpc) is 2.62. The van der Waals surface area contributed by atoms with Gasteiger partial charge < -0.3 is 5.11 Å². The highest BCUT2D eigenvalue weighted by atomic mass is 32.2. The van der Waals surface area contributed by atoms with Crippen molar-refractivity contribution >= 4 is 9.73 Å². The van der Waals surface area contributed by atoms with Gasteiger partial charge in [-0.25, -0.2) is 8.57 Å². The Hall–Kier alpha value is -1.91. The van der Waals surface area contributed by atoms with Crippen molar-refractivity contribution in [2.75, 3.05) is 7.05 Å². The van der Waals surface area contributed by atoms with Gasteiger partial charge in [-0.3, -0.25) is 0 Å². The second-order valence-electron chi connectivity index (χ2n) is 6.01. The minimum atomic E-state index is -2.80. The highest BCUT2D eigenvalue weighted by molar-refractivity contribution is 7.94. The van der Waals surface area contributed by atoms with E-state index in [4.69, 9.17) is 0 Å². The third-order valence-corrected chi connectivity index (χ3v) is 6.50. The van der Waals surface area contributed by atoms with E-state index in [-0.39, 0.29) is 0 Å². The summed E-state index contributed by atoms with van der Waals surface area (Å²) in [6.45, 7) is 4.10. The highest BCUT2D eigenvalue weighted by Gasteiger charge is 2.30. The first-order chi connectivity index (χ1) is 11.5. The number of allylic oxidation sites excluding steroid dienone is 1. The van der Waals surface area contributed by atoms with Crippen molar-refractivity contribution in [3.05, 3.63) is 78.4 Å². The Bertz CT molecular complexity index is 776. The predicted molar refractivity (Wildman–Crippen MR) is 100 cm³/mol. The lowest BCUT2D eigenvalue weighted by molar-refractivity contribution is 0.184. The van der Waals surface area contributed by atoms with Crippen LogP contribution in [0.25, 0.3) is 0 Å². The number of rotatable bonds is 6. The fourth-order valence-electron chi connectivity index (χ4n) is 2.56. The fourth-order valence-corrected chi connectivity index (χ4v) is 4.68. The molecule has 0 aliphatic heterocycles. The van der Waals surface area contributed by atoms with E-state index in [1.165, 1.54) is 0 Å². The van der Waals surface area contributed by atoms with Crippen LogP contribution in [0.4, 0.5) is 0 Å². The van der Waals surface area contributed by atoms with Gasteiger partial charge in [-0.15, -0.1) is 0 Å². The molecule has 1 N–H and O–H groups in total. The summed E-state index contributed by atoms with van der Waals surface area (Å²) in [5.74, 6) is 0.298. The van der Waals surface area contributed by atoms with Crippen molar-refractivity contribution in [3.63, 3.8) is 0 Å². The zero-order valence-electron chi connectivity index (χ0n) is 14.4. The van der Waals surface area contributed by atoms with Gasteiger partial charge in [-0.1, -0.05) is 74.5 Å². The van der Waals surface area contributed by atoms with E-state index in [0.29, 0.717) is 10.8 Å². The summed E-state index contributed by atoms with van der Waals surface area (Å²) in [6.07, 6.45) is 2.94. The van der Waals surface area contributed by atoms with Crippen molar-refractivity contribution in [2.45, 2.75) is 30.1 Å². The van der Waals surface area contributed by atoms with Crippen molar-refractivity contribution < 1.29 is 9.32 Å². The van der Waals surface area contributed by atoms with Gasteiger partial charge in [0.05, 0.1) is 21.1 Å². The van der Waals surface area contributed by atoms with Crippen molar-refractivity contribution in [3.8, 4) is 0 Å². The molecular formula is C20H25NO2S. The summed E-state index contributed by atoms with van der Waals surface area (Å²) in [4.78, 5) is 0.640. The van der Waals surface area contributed by atoms with E-state index in [1.807, 2.05) is 72.8 Å². The van der Waals surface area contributed by atoms with Gasteiger partial charge in [0.2, 0.25) is 0 Å². The van der Waals surface area contributed by atoms with E-state index >= 15 is 0 Å². The van der Waals surface area contributed by atoms with Crippen LogP contribution in [-0.4, -0.2) is 21.6 Å². The molecule has 0 saturated heterocycles. The van der Waals surface area contributed by atoms with E-state index in [2.05, 4.69) is 18.2 Å². The molecule has 3 nitrogen and oxygen atoms in total. The van der Waals surface area contributed by atoms with Gasteiger partial charge in [0.15, 0.2) is 0 Å². The van der Waals surface area contributed by atoms with Crippen LogP contribution in [0.5, 0.6) is 0 Å². The molecule has 0 amide bonds. The maximum absolute atomic E-state index is 13.7. The quantitative estimate of drug-likeness (QED) is 0.787. The van der Waals surface area contributed by atoms with E-state index in [0.717, 1.165) is 5.56 Å². The SMILES string of the molecule is CN=S(=O)(c1ccccc1)[C@H](/C=C/C(C)C)[C@H](O)c1ccccc1. The van der Waals surface area contributed by atoms with E-state index < -0.39 is 21.1 Å². The summed E-state index contributed by atoms with van der Waals surface area (Å²) in [6, 6.07) is 18.5. The molecule has 0 heterocycles. The monoisotopic (exact) mass is 343 g/mol. The average molecular weight is 343 g/mol. The van der Waals surface area contributed by atoms with Crippen LogP contribution < -0.4 is 0 Å². The van der Waals surface area contributed by atoms with Crippen LogP contribution >= 0.6 is 0 Å². The molecule has 4 heteroatoms. The lowest BCUT2D eigenvalue weighted by atomic mass is 10.0. The smallest absolute Gasteiger partial charge is 0.0980 e. The van der Waals surface area contributed by atoms with Crippen molar-refractivity contribution in [1.82, 2.24) is 0 Å². The van der Waals surface area contributed by atoms with Crippen molar-refractivity contribution in [2.24, 2.45) is 10.3 Å². The molecule has 2 aromatic carbocycles. The topological polar surface area (TPSA) is 49.7 Å². The number of aliphatic hydroxyl groups excluding tert-OH is 1. The lowest BCUT2D eigenvalue weighted by Gasteiger charge is -2.24. The zero-order chi connectivity index (χ0) is 17.6. The number of benzene rings is 2. The summed E-state index contributed by atoms with van der Waals surface area (Å²) in [5, 5.41) is 10.3. The Morgan fingerprint density at radius 2 is 1.50 bits per heavy atom. The molecule has 24 heavy (non-hydrogen) atoms. The molecule has 0 aliphatic carbocycles. The first-order valence-electron chi connectivity index (χ1n) is 8.09. The van der Waals surface area contributed by atoms with Gasteiger partial charge in [0.1, 0.15) is 0 Å². The molecule has 128 valence electrons. The van der Waals surface area contributed by atoms with Gasteiger partial charge in [0.25, 0.3) is 0 Å². The number of nitrogens with zero attached hydrogens (tertiary/aromatic N) is 1. The Morgan fingerprint density at radius 1 is 0.958 bits per heavy atom. The van der Waals surface area contributed by atoms with Crippen LogP contribution in [0, 0.1) is 5.92 Å². The second-order valence-corrected chi connectivity index (χ2v) is 8.53. The number of aliphatic hydroxyl groups is 1. The molecule has 0 aliphatic rings. The molecular weight excluding hydrogens is 318 g/mol. The zero-order valence-corrected chi connectivity index (χ0v) is 15.2. The van der Waals surface area contributed by atoms with E-state index in [1.54, 1.807) is 7.05 Å². The largest absolute Gasteiger partial charge is 0.387 e. The number of hydrogen-bond donors (Lipinski definition) is 1. The van der Waals surface area contributed by atoms with E-state index in [9.17, 15) is 9.32 Å². The fraction of sp³-hybridized carbons (Fsp3) is 0.300. The maximum atomic E-state index is 13.7. The highest BCUT2D eigenvalue weighted by Crippen LogP contribution is 2.30. The third kappa shape index (κ3) is 4.13. The van der Waals surface area contributed by atoms with Crippen LogP contribution in [0.3, 0.4) is 0 Å². The molecule has 0 radical (unpaired) electrons. The van der Waals surface area contributed by atoms with Crippen LogP contribution in [-0.2, 0) is 9.73 Å². The number of hydrogen-bond acceptors (Lipinski definition) is 3. The van der Waals surface area contributed by atoms with Crippen LogP contribution in [0.2, 0.25) is 0 Å². The standard InChI is InChI=1S/C20H25NO2S/c1-16(2)14-15-19(20(22)17-10-6-4-7-11-17)24(23,21-3)18-12-8-5-9-13-18/h4-16,19-20,22H,1-3H3/b15-14+/t19-,20-,24?/m1/s1. The van der Waals surface area contributed by atoms with Crippen LogP contribution in [0.1, 0.15) is 25.5 Å². The van der Waals surface area contributed by atoms with Gasteiger partial charge in [-0.05, 0) is 23.6 Å². The minimum Gasteiger partial charge on any atom is -0.387 e. The molecule has 0 bridgehead atoms. The molecule has 0 fully saturated rings. The molecule has 2 rings (SSSR count). The molecule has 0 aromatic heterocycles. The van der Waals surface area contributed by atoms with Gasteiger partial charge in [0, 0.05) is 11.9 Å². The molecule has 2 aromatic rings. The Morgan fingerprint density at radius 3 is 2.00 bits per heavy atom. The van der Waals surface area contributed by atoms with Crippen molar-refractivity contribution in [1.29, 1.82) is 0 Å². The summed E-state index contributed by atoms with van der Waals surface area (Å²) in [5.41, 5.74) is 0.739. The first kappa shape index (κ1) is 18.4. The lowest BCUT2D eigenvalue weighted by Crippen LogP contribution is -2.27. The summed E-state index contributed by atoms with van der Waals surface area (Å²) < 4.78 is 17.9. The normalized spacial score (nSPS) is 16.7. The summed E-state index contributed by atoms with van der Waals surface area (Å²) >= 11 is 0. The molecule has 1 unspecified atom stereocenters. The molecule has 0 spiro atoms. The Kier molecular flexibility index (Phi) is 6.35.